The van der Waals surface area contributed by atoms with Crippen molar-refractivity contribution in [1.82, 2.24) is 10.2 Å². The standard InChI is InChI=1S/C14H17IN2O2/c1-10(18)16-13-5-7-17(8-6-13)14(19)11-3-2-4-12(15)9-11/h2-4,9,13H,5-8H2,1H3,(H,16,18). The summed E-state index contributed by atoms with van der Waals surface area (Å²) in [5, 5.41) is 2.91. The van der Waals surface area contributed by atoms with Gasteiger partial charge in [0.1, 0.15) is 0 Å². The quantitative estimate of drug-likeness (QED) is 0.808. The van der Waals surface area contributed by atoms with Crippen molar-refractivity contribution in [3.63, 3.8) is 0 Å². The first-order chi connectivity index (χ1) is 9.06. The Bertz CT molecular complexity index is 482. The number of hydrogen-bond acceptors (Lipinski definition) is 2. The molecule has 102 valence electrons. The van der Waals surface area contributed by atoms with E-state index in [0.29, 0.717) is 13.1 Å². The third-order valence-corrected chi connectivity index (χ3v) is 3.93. The fourth-order valence-corrected chi connectivity index (χ4v) is 2.86. The van der Waals surface area contributed by atoms with E-state index >= 15 is 0 Å². The average Bonchev–Trinajstić information content (AvgIpc) is 2.38. The van der Waals surface area contributed by atoms with Crippen LogP contribution in [0.4, 0.5) is 0 Å². The summed E-state index contributed by atoms with van der Waals surface area (Å²) in [5.74, 6) is 0.0854. The minimum Gasteiger partial charge on any atom is -0.353 e. The highest BCUT2D eigenvalue weighted by atomic mass is 127. The SMILES string of the molecule is CC(=O)NC1CCN(C(=O)c2cccc(I)c2)CC1. The number of nitrogens with one attached hydrogen (secondary N) is 1. The van der Waals surface area contributed by atoms with Crippen molar-refractivity contribution >= 4 is 34.4 Å². The third-order valence-electron chi connectivity index (χ3n) is 3.26. The molecule has 0 radical (unpaired) electrons. The lowest BCUT2D eigenvalue weighted by molar-refractivity contribution is -0.119. The van der Waals surface area contributed by atoms with E-state index in [1.165, 1.54) is 6.92 Å². The molecule has 2 amide bonds. The topological polar surface area (TPSA) is 49.4 Å². The highest BCUT2D eigenvalue weighted by Crippen LogP contribution is 2.15. The number of halogens is 1. The normalized spacial score (nSPS) is 16.2. The third kappa shape index (κ3) is 3.92. The second-order valence-electron chi connectivity index (χ2n) is 4.78. The summed E-state index contributed by atoms with van der Waals surface area (Å²) in [7, 11) is 0. The van der Waals surface area contributed by atoms with Crippen molar-refractivity contribution in [2.24, 2.45) is 0 Å². The Morgan fingerprint density at radius 1 is 1.32 bits per heavy atom. The highest BCUT2D eigenvalue weighted by Gasteiger charge is 2.23. The lowest BCUT2D eigenvalue weighted by Crippen LogP contribution is -2.46. The molecule has 2 rings (SSSR count). The second kappa shape index (κ2) is 6.36. The summed E-state index contributed by atoms with van der Waals surface area (Å²) in [6.07, 6.45) is 1.66. The molecule has 0 unspecified atom stereocenters. The Balaban J connectivity index is 1.94. The van der Waals surface area contributed by atoms with Crippen molar-refractivity contribution in [2.45, 2.75) is 25.8 Å². The van der Waals surface area contributed by atoms with E-state index in [2.05, 4.69) is 27.9 Å². The number of piperidine rings is 1. The smallest absolute Gasteiger partial charge is 0.253 e. The van der Waals surface area contributed by atoms with Crippen LogP contribution in [-0.2, 0) is 4.79 Å². The summed E-state index contributed by atoms with van der Waals surface area (Å²) in [4.78, 5) is 25.2. The number of benzene rings is 1. The summed E-state index contributed by atoms with van der Waals surface area (Å²) >= 11 is 2.21. The Morgan fingerprint density at radius 2 is 2.00 bits per heavy atom. The van der Waals surface area contributed by atoms with E-state index in [4.69, 9.17) is 0 Å². The van der Waals surface area contributed by atoms with Gasteiger partial charge in [-0.15, -0.1) is 0 Å². The van der Waals surface area contributed by atoms with E-state index in [1.807, 2.05) is 29.2 Å². The molecule has 1 aromatic rings. The molecule has 0 aromatic heterocycles. The number of carbonyl (C=O) groups excluding carboxylic acids is 2. The molecular weight excluding hydrogens is 355 g/mol. The van der Waals surface area contributed by atoms with Crippen LogP contribution in [0.5, 0.6) is 0 Å². The molecule has 1 aromatic carbocycles. The summed E-state index contributed by atoms with van der Waals surface area (Å²) in [5.41, 5.74) is 0.741. The van der Waals surface area contributed by atoms with Crippen molar-refractivity contribution in [1.29, 1.82) is 0 Å². The summed E-state index contributed by atoms with van der Waals surface area (Å²) in [6.45, 7) is 2.94. The Hall–Kier alpha value is -1.11. The minimum absolute atomic E-state index is 0.00221. The molecule has 1 heterocycles. The fourth-order valence-electron chi connectivity index (χ4n) is 2.32. The van der Waals surface area contributed by atoms with Crippen LogP contribution in [0.2, 0.25) is 0 Å². The highest BCUT2D eigenvalue weighted by molar-refractivity contribution is 14.1. The van der Waals surface area contributed by atoms with Gasteiger partial charge in [-0.3, -0.25) is 9.59 Å². The zero-order chi connectivity index (χ0) is 13.8. The molecule has 0 aliphatic carbocycles. The number of likely N-dealkylation sites (tertiary alicyclic amines) is 1. The fraction of sp³-hybridized carbons (Fsp3) is 0.429. The van der Waals surface area contributed by atoms with Crippen molar-refractivity contribution in [2.75, 3.05) is 13.1 Å². The van der Waals surface area contributed by atoms with Crippen LogP contribution in [0.25, 0.3) is 0 Å². The molecule has 1 aliphatic rings. The zero-order valence-electron chi connectivity index (χ0n) is 10.9. The Kier molecular flexibility index (Phi) is 4.79. The van der Waals surface area contributed by atoms with Gasteiger partial charge in [0.2, 0.25) is 5.91 Å². The van der Waals surface area contributed by atoms with Crippen LogP contribution in [-0.4, -0.2) is 35.8 Å². The Morgan fingerprint density at radius 3 is 2.58 bits per heavy atom. The molecule has 5 heteroatoms. The van der Waals surface area contributed by atoms with Gasteiger partial charge in [-0.2, -0.15) is 0 Å². The zero-order valence-corrected chi connectivity index (χ0v) is 13.0. The lowest BCUT2D eigenvalue weighted by atomic mass is 10.0. The number of amides is 2. The minimum atomic E-state index is 0.00221. The van der Waals surface area contributed by atoms with E-state index in [-0.39, 0.29) is 17.9 Å². The average molecular weight is 372 g/mol. The number of hydrogen-bond donors (Lipinski definition) is 1. The van der Waals surface area contributed by atoms with E-state index in [1.54, 1.807) is 0 Å². The largest absolute Gasteiger partial charge is 0.353 e. The molecule has 4 nitrogen and oxygen atoms in total. The maximum atomic E-state index is 12.3. The first-order valence-corrected chi connectivity index (χ1v) is 7.46. The van der Waals surface area contributed by atoms with E-state index in [0.717, 1.165) is 22.0 Å². The van der Waals surface area contributed by atoms with Crippen LogP contribution >= 0.6 is 22.6 Å². The molecule has 1 saturated heterocycles. The summed E-state index contributed by atoms with van der Waals surface area (Å²) < 4.78 is 1.07. The number of nitrogens with zero attached hydrogens (tertiary/aromatic N) is 1. The van der Waals surface area contributed by atoms with Crippen LogP contribution in [0.3, 0.4) is 0 Å². The van der Waals surface area contributed by atoms with Crippen LogP contribution in [0.15, 0.2) is 24.3 Å². The molecule has 1 fully saturated rings. The van der Waals surface area contributed by atoms with Crippen LogP contribution in [0, 0.1) is 3.57 Å². The van der Waals surface area contributed by atoms with Gasteiger partial charge in [-0.1, -0.05) is 6.07 Å². The van der Waals surface area contributed by atoms with Gasteiger partial charge in [0.25, 0.3) is 5.91 Å². The monoisotopic (exact) mass is 372 g/mol. The molecule has 0 spiro atoms. The lowest BCUT2D eigenvalue weighted by Gasteiger charge is -2.32. The molecule has 0 saturated carbocycles. The van der Waals surface area contributed by atoms with Crippen molar-refractivity contribution < 1.29 is 9.59 Å². The maximum Gasteiger partial charge on any atom is 0.253 e. The molecule has 0 bridgehead atoms. The van der Waals surface area contributed by atoms with Crippen molar-refractivity contribution in [3.8, 4) is 0 Å². The maximum absolute atomic E-state index is 12.3. The molecule has 1 aliphatic heterocycles. The van der Waals surface area contributed by atoms with Gasteiger partial charge >= 0.3 is 0 Å². The van der Waals surface area contributed by atoms with Gasteiger partial charge in [0.15, 0.2) is 0 Å². The van der Waals surface area contributed by atoms with E-state index < -0.39 is 0 Å². The van der Waals surface area contributed by atoms with Gasteiger partial charge in [0.05, 0.1) is 0 Å². The molecular formula is C14H17IN2O2. The first kappa shape index (κ1) is 14.3. The van der Waals surface area contributed by atoms with Gasteiger partial charge in [0, 0.05) is 35.2 Å². The molecule has 19 heavy (non-hydrogen) atoms. The van der Waals surface area contributed by atoms with Crippen LogP contribution in [0.1, 0.15) is 30.1 Å². The predicted octanol–water partition coefficient (Wildman–Crippen LogP) is 2.03. The number of carbonyl (C=O) groups is 2. The van der Waals surface area contributed by atoms with Crippen LogP contribution < -0.4 is 5.32 Å². The van der Waals surface area contributed by atoms with Gasteiger partial charge in [-0.05, 0) is 53.6 Å². The van der Waals surface area contributed by atoms with E-state index in [9.17, 15) is 9.59 Å². The number of rotatable bonds is 2. The predicted molar refractivity (Wildman–Crippen MR) is 81.9 cm³/mol. The van der Waals surface area contributed by atoms with Crippen molar-refractivity contribution in [3.05, 3.63) is 33.4 Å². The summed E-state index contributed by atoms with van der Waals surface area (Å²) in [6, 6.07) is 7.84. The molecule has 0 atom stereocenters. The Labute approximate surface area is 126 Å². The second-order valence-corrected chi connectivity index (χ2v) is 6.02. The first-order valence-electron chi connectivity index (χ1n) is 6.38. The van der Waals surface area contributed by atoms with Gasteiger partial charge in [-0.25, -0.2) is 0 Å². The van der Waals surface area contributed by atoms with Gasteiger partial charge < -0.3 is 10.2 Å². The molecule has 1 N–H and O–H groups in total.